The van der Waals surface area contributed by atoms with Crippen LogP contribution in [0.5, 0.6) is 0 Å². The van der Waals surface area contributed by atoms with E-state index in [1.54, 1.807) is 13.8 Å². The van der Waals surface area contributed by atoms with Crippen molar-refractivity contribution < 1.29 is 4.79 Å². The molecule has 150 valence electrons. The third-order valence-corrected chi connectivity index (χ3v) is 5.38. The second kappa shape index (κ2) is 8.61. The van der Waals surface area contributed by atoms with E-state index in [0.717, 1.165) is 31.2 Å². The molecule has 1 aliphatic rings. The lowest BCUT2D eigenvalue weighted by Gasteiger charge is -2.34. The maximum Gasteiger partial charge on any atom is 0.257 e. The van der Waals surface area contributed by atoms with Gasteiger partial charge in [-0.2, -0.15) is 0 Å². The van der Waals surface area contributed by atoms with E-state index in [4.69, 9.17) is 0 Å². The molecule has 3 rings (SSSR count). The molecule has 0 saturated carbocycles. The minimum atomic E-state index is -0.205. The van der Waals surface area contributed by atoms with Crippen LogP contribution in [0.1, 0.15) is 34.5 Å². The van der Waals surface area contributed by atoms with Crippen molar-refractivity contribution in [3.8, 4) is 0 Å². The lowest BCUT2D eigenvalue weighted by Crippen LogP contribution is -2.37. The molecule has 0 bridgehead atoms. The Balaban J connectivity index is 1.62. The zero-order valence-electron chi connectivity index (χ0n) is 17.2. The highest BCUT2D eigenvalue weighted by Crippen LogP contribution is 2.25. The largest absolute Gasteiger partial charge is 0.372 e. The van der Waals surface area contributed by atoms with Gasteiger partial charge in [0.25, 0.3) is 5.91 Å². The Morgan fingerprint density at radius 2 is 1.82 bits per heavy atom. The fourth-order valence-corrected chi connectivity index (χ4v) is 4.04. The Labute approximate surface area is 166 Å². The van der Waals surface area contributed by atoms with Crippen molar-refractivity contribution in [1.82, 2.24) is 9.88 Å². The minimum Gasteiger partial charge on any atom is -0.372 e. The number of pyridine rings is 1. The molecular weight excluding hydrogens is 352 g/mol. The molecule has 0 atom stereocenters. The molecule has 1 amide bonds. The molecule has 0 aliphatic carbocycles. The van der Waals surface area contributed by atoms with E-state index in [-0.39, 0.29) is 11.5 Å². The van der Waals surface area contributed by atoms with Crippen LogP contribution >= 0.6 is 0 Å². The number of anilines is 2. The summed E-state index contributed by atoms with van der Waals surface area (Å²) in [7, 11) is 4.27. The molecule has 0 radical (unpaired) electrons. The van der Waals surface area contributed by atoms with Crippen molar-refractivity contribution >= 4 is 17.3 Å². The molecule has 1 aromatic heterocycles. The van der Waals surface area contributed by atoms with E-state index < -0.39 is 0 Å². The number of H-pyrrole nitrogens is 1. The number of benzene rings is 1. The normalized spacial score (nSPS) is 15.1. The smallest absolute Gasteiger partial charge is 0.257 e. The summed E-state index contributed by atoms with van der Waals surface area (Å²) in [6.45, 7) is 6.81. The maximum atomic E-state index is 12.6. The number of carbonyl (C=O) groups excluding carboxylic acids is 1. The third kappa shape index (κ3) is 4.81. The average molecular weight is 383 g/mol. The molecule has 28 heavy (non-hydrogen) atoms. The number of rotatable bonds is 5. The van der Waals surface area contributed by atoms with Gasteiger partial charge in [-0.1, -0.05) is 0 Å². The van der Waals surface area contributed by atoms with Crippen LogP contribution in [-0.4, -0.2) is 49.5 Å². The van der Waals surface area contributed by atoms with Gasteiger partial charge in [0.15, 0.2) is 0 Å². The number of aryl methyl sites for hydroxylation is 2. The van der Waals surface area contributed by atoms with Crippen LogP contribution in [0.4, 0.5) is 11.4 Å². The Bertz CT molecular complexity index is 852. The van der Waals surface area contributed by atoms with Crippen molar-refractivity contribution in [2.75, 3.05) is 43.9 Å². The zero-order chi connectivity index (χ0) is 20.3. The van der Waals surface area contributed by atoms with Gasteiger partial charge < -0.3 is 20.1 Å². The number of aromatic amines is 1. The van der Waals surface area contributed by atoms with E-state index in [1.807, 2.05) is 12.1 Å². The highest BCUT2D eigenvalue weighted by molar-refractivity contribution is 6.06. The van der Waals surface area contributed by atoms with Gasteiger partial charge in [0, 0.05) is 42.8 Å². The first-order chi connectivity index (χ1) is 13.3. The van der Waals surface area contributed by atoms with Crippen LogP contribution in [0.15, 0.2) is 35.1 Å². The number of amides is 1. The quantitative estimate of drug-likeness (QED) is 0.834. The van der Waals surface area contributed by atoms with Gasteiger partial charge in [-0.15, -0.1) is 0 Å². The first-order valence-electron chi connectivity index (χ1n) is 9.85. The predicted octanol–water partition coefficient (Wildman–Crippen LogP) is 3.02. The Morgan fingerprint density at radius 3 is 2.39 bits per heavy atom. The van der Waals surface area contributed by atoms with Crippen LogP contribution in [0.3, 0.4) is 0 Å². The summed E-state index contributed by atoms with van der Waals surface area (Å²) in [5.41, 5.74) is 3.53. The van der Waals surface area contributed by atoms with Crippen LogP contribution in [-0.2, 0) is 0 Å². The molecule has 0 spiro atoms. The van der Waals surface area contributed by atoms with Gasteiger partial charge in [-0.3, -0.25) is 9.59 Å². The minimum absolute atomic E-state index is 0.190. The molecule has 0 unspecified atom stereocenters. The lowest BCUT2D eigenvalue weighted by molar-refractivity contribution is 0.102. The lowest BCUT2D eigenvalue weighted by atomic mass is 9.96. The SMILES string of the molecule is Cc1cc(=O)[nH]c(C)c1C(=O)Nc1ccc(N2CCC(CN(C)C)CC2)cc1. The first kappa shape index (κ1) is 20.1. The van der Waals surface area contributed by atoms with Gasteiger partial charge in [0.1, 0.15) is 0 Å². The second-order valence-electron chi connectivity index (χ2n) is 8.01. The van der Waals surface area contributed by atoms with Crippen LogP contribution in [0, 0.1) is 19.8 Å². The number of hydrogen-bond donors (Lipinski definition) is 2. The number of nitrogens with one attached hydrogen (secondary N) is 2. The zero-order valence-corrected chi connectivity index (χ0v) is 17.2. The van der Waals surface area contributed by atoms with Crippen molar-refractivity contribution in [3.63, 3.8) is 0 Å². The molecule has 1 fully saturated rings. The molecule has 1 saturated heterocycles. The molecule has 2 N–H and O–H groups in total. The van der Waals surface area contributed by atoms with Crippen molar-refractivity contribution in [2.24, 2.45) is 5.92 Å². The summed E-state index contributed by atoms with van der Waals surface area (Å²) in [6, 6.07) is 9.46. The van der Waals surface area contributed by atoms with Gasteiger partial charge in [0.05, 0.1) is 5.56 Å². The van der Waals surface area contributed by atoms with Gasteiger partial charge in [-0.05, 0) is 76.5 Å². The highest BCUT2D eigenvalue weighted by Gasteiger charge is 2.20. The maximum absolute atomic E-state index is 12.6. The van der Waals surface area contributed by atoms with Gasteiger partial charge in [0.2, 0.25) is 5.56 Å². The Hall–Kier alpha value is -2.60. The molecular formula is C22H30N4O2. The number of piperidine rings is 1. The van der Waals surface area contributed by atoms with Crippen molar-refractivity contribution in [2.45, 2.75) is 26.7 Å². The third-order valence-electron chi connectivity index (χ3n) is 5.38. The van der Waals surface area contributed by atoms with E-state index in [9.17, 15) is 9.59 Å². The average Bonchev–Trinajstić information content (AvgIpc) is 2.62. The summed E-state index contributed by atoms with van der Waals surface area (Å²) in [6.07, 6.45) is 2.42. The fraction of sp³-hybridized carbons (Fsp3) is 0.455. The van der Waals surface area contributed by atoms with Gasteiger partial charge >= 0.3 is 0 Å². The molecule has 6 heteroatoms. The van der Waals surface area contributed by atoms with E-state index >= 15 is 0 Å². The number of nitrogens with zero attached hydrogens (tertiary/aromatic N) is 2. The molecule has 6 nitrogen and oxygen atoms in total. The van der Waals surface area contributed by atoms with Crippen LogP contribution in [0.25, 0.3) is 0 Å². The summed E-state index contributed by atoms with van der Waals surface area (Å²) >= 11 is 0. The summed E-state index contributed by atoms with van der Waals surface area (Å²) < 4.78 is 0. The Kier molecular flexibility index (Phi) is 6.19. The van der Waals surface area contributed by atoms with Crippen molar-refractivity contribution in [3.05, 3.63) is 57.5 Å². The van der Waals surface area contributed by atoms with Crippen LogP contribution in [0.2, 0.25) is 0 Å². The summed E-state index contributed by atoms with van der Waals surface area (Å²) in [4.78, 5) is 31.5. The standard InChI is InChI=1S/C22H30N4O2/c1-15-13-20(27)23-16(2)21(15)22(28)24-18-5-7-19(8-6-18)26-11-9-17(10-12-26)14-25(3)4/h5-8,13,17H,9-12,14H2,1-4H3,(H,23,27)(H,24,28). The summed E-state index contributed by atoms with van der Waals surface area (Å²) in [5, 5.41) is 2.93. The van der Waals surface area contributed by atoms with E-state index in [0.29, 0.717) is 16.8 Å². The fourth-order valence-electron chi connectivity index (χ4n) is 4.04. The number of hydrogen-bond acceptors (Lipinski definition) is 4. The van der Waals surface area contributed by atoms with E-state index in [2.05, 4.69) is 46.3 Å². The predicted molar refractivity (Wildman–Crippen MR) is 114 cm³/mol. The monoisotopic (exact) mass is 382 g/mol. The van der Waals surface area contributed by atoms with Crippen LogP contribution < -0.4 is 15.8 Å². The number of aromatic nitrogens is 1. The molecule has 1 aliphatic heterocycles. The molecule has 2 heterocycles. The topological polar surface area (TPSA) is 68.4 Å². The first-order valence-corrected chi connectivity index (χ1v) is 9.85. The van der Waals surface area contributed by atoms with Gasteiger partial charge in [-0.25, -0.2) is 0 Å². The molecule has 2 aromatic rings. The number of carbonyl (C=O) groups is 1. The van der Waals surface area contributed by atoms with Crippen molar-refractivity contribution in [1.29, 1.82) is 0 Å². The Morgan fingerprint density at radius 1 is 1.18 bits per heavy atom. The van der Waals surface area contributed by atoms with E-state index in [1.165, 1.54) is 24.6 Å². The summed E-state index contributed by atoms with van der Waals surface area (Å²) in [5.74, 6) is 0.567. The second-order valence-corrected chi connectivity index (χ2v) is 8.01. The highest BCUT2D eigenvalue weighted by atomic mass is 16.2. The molecule has 1 aromatic carbocycles.